The minimum absolute atomic E-state index is 0.0487. The number of hydrogen-bond acceptors (Lipinski definition) is 6. The lowest BCUT2D eigenvalue weighted by Gasteiger charge is -2.32. The molecule has 25 heavy (non-hydrogen) atoms. The molecule has 136 valence electrons. The van der Waals surface area contributed by atoms with Gasteiger partial charge in [0, 0.05) is 18.6 Å². The van der Waals surface area contributed by atoms with Gasteiger partial charge < -0.3 is 35.3 Å². The lowest BCUT2D eigenvalue weighted by molar-refractivity contribution is -0.185. The number of rotatable bonds is 5. The quantitative estimate of drug-likeness (QED) is 0.297. The van der Waals surface area contributed by atoms with E-state index in [1.165, 1.54) is 12.1 Å². The fourth-order valence-corrected chi connectivity index (χ4v) is 2.98. The molecular weight excluding hydrogens is 353 g/mol. The van der Waals surface area contributed by atoms with Gasteiger partial charge in [-0.2, -0.15) is 4.76 Å². The van der Waals surface area contributed by atoms with Crippen molar-refractivity contribution in [3.63, 3.8) is 0 Å². The molecule has 1 aliphatic rings. The summed E-state index contributed by atoms with van der Waals surface area (Å²) in [6.07, 6.45) is 1.50. The average molecular weight is 371 g/mol. The average Bonchev–Trinajstić information content (AvgIpc) is 2.43. The molecule has 0 saturated carbocycles. The molecule has 0 aliphatic heterocycles. The van der Waals surface area contributed by atoms with Crippen LogP contribution in [0.3, 0.4) is 0 Å². The van der Waals surface area contributed by atoms with Crippen LogP contribution in [0.1, 0.15) is 12.0 Å². The van der Waals surface area contributed by atoms with Crippen molar-refractivity contribution in [1.29, 1.82) is 0 Å². The van der Waals surface area contributed by atoms with E-state index in [-0.39, 0.29) is 18.6 Å². The molecule has 1 atom stereocenters. The van der Waals surface area contributed by atoms with Crippen molar-refractivity contribution in [2.45, 2.75) is 18.6 Å². The molecule has 7 N–H and O–H groups in total. The molecule has 10 heteroatoms. The maximum absolute atomic E-state index is 11.1. The monoisotopic (exact) mass is 371 g/mol. The zero-order valence-corrected chi connectivity index (χ0v) is 13.8. The van der Waals surface area contributed by atoms with Crippen LogP contribution in [0.15, 0.2) is 52.7 Å². The third kappa shape index (κ3) is 5.15. The topological polar surface area (TPSA) is 171 Å². The zero-order valence-electron chi connectivity index (χ0n) is 12.9. The first-order valence-corrected chi connectivity index (χ1v) is 8.74. The van der Waals surface area contributed by atoms with Crippen molar-refractivity contribution in [3.05, 3.63) is 53.5 Å². The molecule has 0 aromatic heterocycles. The van der Waals surface area contributed by atoms with Crippen LogP contribution in [0.2, 0.25) is 0 Å². The van der Waals surface area contributed by atoms with Gasteiger partial charge in [-0.25, -0.2) is 4.57 Å². The molecule has 1 aliphatic carbocycles. The summed E-state index contributed by atoms with van der Waals surface area (Å²) in [4.78, 5) is 18.0. The van der Waals surface area contributed by atoms with Crippen LogP contribution in [0.5, 0.6) is 5.75 Å². The smallest absolute Gasteiger partial charge is 0.448 e. The zero-order chi connectivity index (χ0) is 18.8. The van der Waals surface area contributed by atoms with Gasteiger partial charge in [0.15, 0.2) is 5.79 Å². The summed E-state index contributed by atoms with van der Waals surface area (Å²) < 4.78 is 14.2. The minimum Gasteiger partial charge on any atom is -0.511 e. The molecular formula is C15H18NO8P. The van der Waals surface area contributed by atoms with E-state index in [0.29, 0.717) is 5.56 Å². The molecule has 0 radical (unpaired) electrons. The molecule has 0 heterocycles. The van der Waals surface area contributed by atoms with Crippen LogP contribution in [-0.4, -0.2) is 46.8 Å². The number of nitrogens with zero attached hydrogens (tertiary/aromatic N) is 1. The molecule has 9 nitrogen and oxygen atoms in total. The van der Waals surface area contributed by atoms with Gasteiger partial charge in [0.25, 0.3) is 0 Å². The van der Waals surface area contributed by atoms with Crippen LogP contribution >= 0.6 is 7.75 Å². The highest BCUT2D eigenvalue weighted by Gasteiger charge is 2.42. The molecule has 0 spiro atoms. The molecule has 0 bridgehead atoms. The summed E-state index contributed by atoms with van der Waals surface area (Å²) in [6, 6.07) is 5.98. The Morgan fingerprint density at radius 3 is 2.20 bits per heavy atom. The van der Waals surface area contributed by atoms with E-state index < -0.39 is 36.7 Å². The fraction of sp³-hybridized carbons (Fsp3) is 0.267. The Balaban J connectivity index is 2.27. The number of aliphatic hydroxyl groups excluding tert-OH is 2. The highest BCUT2D eigenvalue weighted by molar-refractivity contribution is 7.50. The van der Waals surface area contributed by atoms with Crippen molar-refractivity contribution in [3.8, 4) is 5.75 Å². The number of aromatic hydroxyl groups is 1. The third-order valence-corrected chi connectivity index (χ3v) is 4.10. The molecule has 2 rings (SSSR count). The Morgan fingerprint density at radius 2 is 1.64 bits per heavy atom. The van der Waals surface area contributed by atoms with Crippen molar-refractivity contribution in [2.75, 3.05) is 0 Å². The Hall–Kier alpha value is -2.16. The van der Waals surface area contributed by atoms with E-state index >= 15 is 0 Å². The van der Waals surface area contributed by atoms with Crippen molar-refractivity contribution >= 4 is 13.5 Å². The van der Waals surface area contributed by atoms with Gasteiger partial charge >= 0.3 is 7.75 Å². The summed E-state index contributed by atoms with van der Waals surface area (Å²) >= 11 is 0. The second-order valence-electron chi connectivity index (χ2n) is 5.65. The highest BCUT2D eigenvalue weighted by Crippen LogP contribution is 2.40. The number of aryl methyl sites for hydroxylation is 1. The number of allylic oxidation sites excluding steroid dienone is 2. The Labute approximate surface area is 142 Å². The predicted octanol–water partition coefficient (Wildman–Crippen LogP) is 1.05. The third-order valence-electron chi connectivity index (χ3n) is 3.61. The molecule has 1 unspecified atom stereocenters. The summed E-state index contributed by atoms with van der Waals surface area (Å²) in [5.41, 5.74) is 0.109. The lowest BCUT2D eigenvalue weighted by atomic mass is 9.84. The maximum Gasteiger partial charge on any atom is 0.448 e. The number of phenolic OH excluding ortho intramolecular Hbond substituents is 1. The minimum atomic E-state index is -4.93. The summed E-state index contributed by atoms with van der Waals surface area (Å²) in [7, 11) is -4.93. The molecule has 0 amide bonds. The van der Waals surface area contributed by atoms with Gasteiger partial charge in [0.2, 0.25) is 0 Å². The summed E-state index contributed by atoms with van der Waals surface area (Å²) in [5, 5.41) is 49.3. The SMILES string of the molecule is O=P(O)(O)N=C1C=C(O)C=C(O)C1C(O)(O)CCc1ccc(O)cc1. The van der Waals surface area contributed by atoms with E-state index in [2.05, 4.69) is 4.76 Å². The normalized spacial score (nSPS) is 20.3. The van der Waals surface area contributed by atoms with Crippen molar-refractivity contribution in [2.24, 2.45) is 10.7 Å². The number of phenols is 1. The first kappa shape index (κ1) is 19.2. The Bertz CT molecular complexity index is 775. The summed E-state index contributed by atoms with van der Waals surface area (Å²) in [6.45, 7) is 0. The van der Waals surface area contributed by atoms with Gasteiger partial charge in [0.05, 0.1) is 5.71 Å². The molecule has 0 saturated heterocycles. The second kappa shape index (κ2) is 6.99. The molecule has 1 aromatic carbocycles. The molecule has 0 fully saturated rings. The van der Waals surface area contributed by atoms with Crippen LogP contribution in [0.25, 0.3) is 0 Å². The number of benzene rings is 1. The van der Waals surface area contributed by atoms with Gasteiger partial charge in [0.1, 0.15) is 23.2 Å². The highest BCUT2D eigenvalue weighted by atomic mass is 31.2. The summed E-state index contributed by atoms with van der Waals surface area (Å²) in [5.74, 6) is -5.41. The first-order valence-electron chi connectivity index (χ1n) is 7.17. The van der Waals surface area contributed by atoms with Gasteiger partial charge in [-0.1, -0.05) is 12.1 Å². The van der Waals surface area contributed by atoms with Gasteiger partial charge in [-0.15, -0.1) is 0 Å². The van der Waals surface area contributed by atoms with Gasteiger partial charge in [-0.05, 0) is 24.1 Å². The standard InChI is InChI=1S/C15H18NO8P/c17-10-3-1-9(2-4-10)5-6-15(20,21)14-12(16-25(22,23)24)7-11(18)8-13(14)19/h1-4,7-8,14,17-21H,5-6H2,(H2,22,23,24). The van der Waals surface area contributed by atoms with E-state index in [1.807, 2.05) is 0 Å². The second-order valence-corrected chi connectivity index (χ2v) is 6.88. The predicted molar refractivity (Wildman–Crippen MR) is 88.0 cm³/mol. The van der Waals surface area contributed by atoms with E-state index in [9.17, 15) is 30.1 Å². The first-order chi connectivity index (χ1) is 11.5. The van der Waals surface area contributed by atoms with Crippen LogP contribution in [0.4, 0.5) is 0 Å². The number of hydrogen-bond donors (Lipinski definition) is 7. The van der Waals surface area contributed by atoms with Crippen LogP contribution < -0.4 is 0 Å². The van der Waals surface area contributed by atoms with Gasteiger partial charge in [-0.3, -0.25) is 0 Å². The molecule has 1 aromatic rings. The lowest BCUT2D eigenvalue weighted by Crippen LogP contribution is -2.44. The fourth-order valence-electron chi connectivity index (χ4n) is 2.51. The Morgan fingerprint density at radius 1 is 1.04 bits per heavy atom. The largest absolute Gasteiger partial charge is 0.511 e. The van der Waals surface area contributed by atoms with E-state index in [1.54, 1.807) is 12.1 Å². The van der Waals surface area contributed by atoms with Crippen LogP contribution in [-0.2, 0) is 11.0 Å². The van der Waals surface area contributed by atoms with E-state index in [0.717, 1.165) is 12.2 Å². The Kier molecular flexibility index (Phi) is 5.36. The van der Waals surface area contributed by atoms with Crippen molar-refractivity contribution < 1.29 is 39.9 Å². The maximum atomic E-state index is 11.1. The number of aliphatic hydroxyl groups is 4. The van der Waals surface area contributed by atoms with Crippen molar-refractivity contribution in [1.82, 2.24) is 0 Å². The van der Waals surface area contributed by atoms with Crippen LogP contribution in [0, 0.1) is 5.92 Å². The van der Waals surface area contributed by atoms with E-state index in [4.69, 9.17) is 9.79 Å².